The van der Waals surface area contributed by atoms with Gasteiger partial charge in [-0.05, 0) is 51.8 Å². The minimum atomic E-state index is -0.319. The fraction of sp³-hybridized carbons (Fsp3) is 0.500. The van der Waals surface area contributed by atoms with Crippen molar-refractivity contribution in [3.8, 4) is 5.75 Å². The number of benzene rings is 1. The molecule has 0 bridgehead atoms. The van der Waals surface area contributed by atoms with E-state index in [1.165, 1.54) is 0 Å². The third kappa shape index (κ3) is 6.79. The van der Waals surface area contributed by atoms with Gasteiger partial charge in [0.2, 0.25) is 5.91 Å². The van der Waals surface area contributed by atoms with Gasteiger partial charge in [-0.25, -0.2) is 0 Å². The van der Waals surface area contributed by atoms with Gasteiger partial charge in [-0.15, -0.1) is 0 Å². The molecule has 1 rings (SSSR count). The van der Waals surface area contributed by atoms with Crippen molar-refractivity contribution in [3.63, 3.8) is 0 Å². The molecule has 0 saturated heterocycles. The molecule has 5 nitrogen and oxygen atoms in total. The van der Waals surface area contributed by atoms with Crippen LogP contribution in [0.5, 0.6) is 5.75 Å². The first kappa shape index (κ1) is 17.0. The summed E-state index contributed by atoms with van der Waals surface area (Å²) in [7, 11) is 0. The maximum Gasteiger partial charge on any atom is 0.258 e. The summed E-state index contributed by atoms with van der Waals surface area (Å²) in [5, 5.41) is 5.30. The topological polar surface area (TPSA) is 67.4 Å². The molecule has 0 fully saturated rings. The lowest BCUT2D eigenvalue weighted by Gasteiger charge is -2.20. The van der Waals surface area contributed by atoms with Crippen LogP contribution in [0.2, 0.25) is 0 Å². The zero-order valence-corrected chi connectivity index (χ0v) is 13.4. The fourth-order valence-electron chi connectivity index (χ4n) is 1.70. The Morgan fingerprint density at radius 3 is 2.43 bits per heavy atom. The SMILES string of the molecule is Cc1ccc(C)c(OCC(=O)NCC(=O)NC(C)(C)C)c1. The summed E-state index contributed by atoms with van der Waals surface area (Å²) in [6.45, 7) is 9.38. The molecule has 5 heteroatoms. The molecule has 0 atom stereocenters. The van der Waals surface area contributed by atoms with Gasteiger partial charge in [0.05, 0.1) is 6.54 Å². The molecule has 0 aliphatic rings. The van der Waals surface area contributed by atoms with E-state index in [-0.39, 0.29) is 30.5 Å². The molecule has 0 radical (unpaired) electrons. The number of carbonyl (C=O) groups excluding carboxylic acids is 2. The van der Waals surface area contributed by atoms with Crippen molar-refractivity contribution in [2.45, 2.75) is 40.2 Å². The second-order valence-electron chi connectivity index (χ2n) is 6.13. The Bertz CT molecular complexity index is 519. The summed E-state index contributed by atoms with van der Waals surface area (Å²) in [5.41, 5.74) is 1.73. The molecule has 0 unspecified atom stereocenters. The van der Waals surface area contributed by atoms with Crippen LogP contribution in [0.3, 0.4) is 0 Å². The van der Waals surface area contributed by atoms with E-state index in [0.717, 1.165) is 11.1 Å². The van der Waals surface area contributed by atoms with Crippen molar-refractivity contribution in [3.05, 3.63) is 29.3 Å². The third-order valence-corrected chi connectivity index (χ3v) is 2.66. The summed E-state index contributed by atoms with van der Waals surface area (Å²) in [5.74, 6) is 0.145. The molecule has 1 aromatic carbocycles. The lowest BCUT2D eigenvalue weighted by atomic mass is 10.1. The highest BCUT2D eigenvalue weighted by Gasteiger charge is 2.14. The highest BCUT2D eigenvalue weighted by atomic mass is 16.5. The van der Waals surface area contributed by atoms with Gasteiger partial charge in [-0.2, -0.15) is 0 Å². The minimum Gasteiger partial charge on any atom is -0.483 e. The Hall–Kier alpha value is -2.04. The molecule has 0 aliphatic carbocycles. The summed E-state index contributed by atoms with van der Waals surface area (Å²) in [6.07, 6.45) is 0. The molecule has 21 heavy (non-hydrogen) atoms. The maximum atomic E-state index is 11.7. The normalized spacial score (nSPS) is 10.9. The highest BCUT2D eigenvalue weighted by molar-refractivity contribution is 5.85. The molecule has 0 aliphatic heterocycles. The maximum absolute atomic E-state index is 11.7. The van der Waals surface area contributed by atoms with Crippen LogP contribution in [0.15, 0.2) is 18.2 Å². The van der Waals surface area contributed by atoms with Crippen LogP contribution in [0, 0.1) is 13.8 Å². The standard InChI is InChI=1S/C16H24N2O3/c1-11-6-7-12(2)13(8-11)21-10-15(20)17-9-14(19)18-16(3,4)5/h6-8H,9-10H2,1-5H3,(H,17,20)(H,18,19). The monoisotopic (exact) mass is 292 g/mol. The number of hydrogen-bond acceptors (Lipinski definition) is 3. The third-order valence-electron chi connectivity index (χ3n) is 2.66. The summed E-state index contributed by atoms with van der Waals surface area (Å²) >= 11 is 0. The quantitative estimate of drug-likeness (QED) is 0.868. The van der Waals surface area contributed by atoms with Crippen molar-refractivity contribution >= 4 is 11.8 Å². The van der Waals surface area contributed by atoms with E-state index >= 15 is 0 Å². The lowest BCUT2D eigenvalue weighted by molar-refractivity contribution is -0.127. The van der Waals surface area contributed by atoms with Crippen molar-refractivity contribution in [1.82, 2.24) is 10.6 Å². The number of ether oxygens (including phenoxy) is 1. The van der Waals surface area contributed by atoms with Crippen LogP contribution in [0.1, 0.15) is 31.9 Å². The van der Waals surface area contributed by atoms with Gasteiger partial charge in [0.15, 0.2) is 6.61 Å². The summed E-state index contributed by atoms with van der Waals surface area (Å²) < 4.78 is 5.47. The number of rotatable bonds is 5. The van der Waals surface area contributed by atoms with E-state index in [1.807, 2.05) is 52.8 Å². The molecule has 0 spiro atoms. The van der Waals surface area contributed by atoms with E-state index in [9.17, 15) is 9.59 Å². The molecule has 116 valence electrons. The van der Waals surface area contributed by atoms with Crippen LogP contribution < -0.4 is 15.4 Å². The largest absolute Gasteiger partial charge is 0.483 e. The zero-order chi connectivity index (χ0) is 16.0. The van der Waals surface area contributed by atoms with Crippen LogP contribution in [-0.4, -0.2) is 30.5 Å². The molecule has 0 heterocycles. The van der Waals surface area contributed by atoms with Crippen molar-refractivity contribution in [2.75, 3.05) is 13.2 Å². The Kier molecular flexibility index (Phi) is 5.76. The average molecular weight is 292 g/mol. The lowest BCUT2D eigenvalue weighted by Crippen LogP contribution is -2.46. The average Bonchev–Trinajstić information content (AvgIpc) is 2.35. The fourth-order valence-corrected chi connectivity index (χ4v) is 1.70. The Balaban J connectivity index is 2.38. The Labute approximate surface area is 126 Å². The van der Waals surface area contributed by atoms with Gasteiger partial charge in [0, 0.05) is 5.54 Å². The smallest absolute Gasteiger partial charge is 0.258 e. The first-order valence-electron chi connectivity index (χ1n) is 6.95. The number of carbonyl (C=O) groups is 2. The molecular formula is C16H24N2O3. The Morgan fingerprint density at radius 1 is 1.14 bits per heavy atom. The van der Waals surface area contributed by atoms with Gasteiger partial charge < -0.3 is 15.4 Å². The predicted octanol–water partition coefficient (Wildman–Crippen LogP) is 1.71. The van der Waals surface area contributed by atoms with Gasteiger partial charge in [0.1, 0.15) is 5.75 Å². The summed E-state index contributed by atoms with van der Waals surface area (Å²) in [6, 6.07) is 5.81. The minimum absolute atomic E-state index is 0.0493. The van der Waals surface area contributed by atoms with Gasteiger partial charge in [-0.3, -0.25) is 9.59 Å². The van der Waals surface area contributed by atoms with Crippen LogP contribution in [0.4, 0.5) is 0 Å². The zero-order valence-electron chi connectivity index (χ0n) is 13.4. The van der Waals surface area contributed by atoms with Crippen LogP contribution in [0.25, 0.3) is 0 Å². The molecule has 2 N–H and O–H groups in total. The predicted molar refractivity (Wildman–Crippen MR) is 82.3 cm³/mol. The summed E-state index contributed by atoms with van der Waals surface area (Å²) in [4.78, 5) is 23.2. The van der Waals surface area contributed by atoms with Gasteiger partial charge in [0.25, 0.3) is 5.91 Å². The second-order valence-corrected chi connectivity index (χ2v) is 6.13. The number of hydrogen-bond donors (Lipinski definition) is 2. The molecule has 1 aromatic rings. The van der Waals surface area contributed by atoms with Gasteiger partial charge >= 0.3 is 0 Å². The van der Waals surface area contributed by atoms with E-state index in [4.69, 9.17) is 4.74 Å². The molecule has 2 amide bonds. The molecular weight excluding hydrogens is 268 g/mol. The van der Waals surface area contributed by atoms with Crippen molar-refractivity contribution < 1.29 is 14.3 Å². The van der Waals surface area contributed by atoms with Crippen LogP contribution >= 0.6 is 0 Å². The van der Waals surface area contributed by atoms with Crippen molar-refractivity contribution in [1.29, 1.82) is 0 Å². The number of amides is 2. The number of nitrogens with one attached hydrogen (secondary N) is 2. The van der Waals surface area contributed by atoms with E-state index in [1.54, 1.807) is 0 Å². The van der Waals surface area contributed by atoms with Crippen molar-refractivity contribution in [2.24, 2.45) is 0 Å². The highest BCUT2D eigenvalue weighted by Crippen LogP contribution is 2.18. The van der Waals surface area contributed by atoms with E-state index in [0.29, 0.717) is 5.75 Å². The van der Waals surface area contributed by atoms with Crippen LogP contribution in [-0.2, 0) is 9.59 Å². The Morgan fingerprint density at radius 2 is 1.81 bits per heavy atom. The van der Waals surface area contributed by atoms with E-state index < -0.39 is 0 Å². The van der Waals surface area contributed by atoms with Gasteiger partial charge in [-0.1, -0.05) is 12.1 Å². The molecule has 0 saturated carbocycles. The number of aryl methyl sites for hydroxylation is 2. The first-order chi connectivity index (χ1) is 9.67. The molecule has 0 aromatic heterocycles. The first-order valence-corrected chi connectivity index (χ1v) is 6.95. The van der Waals surface area contributed by atoms with E-state index in [2.05, 4.69) is 10.6 Å². The second kappa shape index (κ2) is 7.11.